The van der Waals surface area contributed by atoms with Gasteiger partial charge in [0, 0.05) is 5.41 Å². The van der Waals surface area contributed by atoms with Crippen LogP contribution in [0.3, 0.4) is 0 Å². The minimum atomic E-state index is -0.905. The van der Waals surface area contributed by atoms with E-state index < -0.39 is 5.60 Å². The van der Waals surface area contributed by atoms with Crippen molar-refractivity contribution in [3.05, 3.63) is 28.8 Å². The van der Waals surface area contributed by atoms with Crippen molar-refractivity contribution < 1.29 is 9.84 Å². The molecule has 0 aromatic heterocycles. The standard InChI is InChI=1S/C22H28O2/c1-5-22(23)11-9-19-17-7-6-15-13-16(24-4)12-14(2)20(15)18(17)8-10-21(19,22)3/h1,12-13,17-19,23H,6-11H2,2-4H3/t17-,18+,19-,21-,22-/m0/s1. The zero-order valence-electron chi connectivity index (χ0n) is 15.1. The monoisotopic (exact) mass is 324 g/mol. The van der Waals surface area contributed by atoms with Crippen LogP contribution >= 0.6 is 0 Å². The third kappa shape index (κ3) is 1.94. The van der Waals surface area contributed by atoms with Crippen molar-refractivity contribution >= 4 is 0 Å². The lowest BCUT2D eigenvalue weighted by Crippen LogP contribution is -2.50. The highest BCUT2D eigenvalue weighted by Gasteiger charge is 2.61. The Bertz CT molecular complexity index is 715. The number of benzene rings is 1. The summed E-state index contributed by atoms with van der Waals surface area (Å²) in [5, 5.41) is 11.0. The number of aryl methyl sites for hydroxylation is 2. The van der Waals surface area contributed by atoms with E-state index >= 15 is 0 Å². The summed E-state index contributed by atoms with van der Waals surface area (Å²) in [5.41, 5.74) is 3.39. The fraction of sp³-hybridized carbons (Fsp3) is 0.636. The van der Waals surface area contributed by atoms with E-state index in [0.29, 0.717) is 17.8 Å². The van der Waals surface area contributed by atoms with Gasteiger partial charge < -0.3 is 9.84 Å². The van der Waals surface area contributed by atoms with Crippen LogP contribution in [0.25, 0.3) is 0 Å². The molecule has 1 aromatic carbocycles. The van der Waals surface area contributed by atoms with Gasteiger partial charge in [-0.25, -0.2) is 0 Å². The fourth-order valence-electron chi connectivity index (χ4n) is 6.31. The van der Waals surface area contributed by atoms with Gasteiger partial charge in [0.1, 0.15) is 11.4 Å². The van der Waals surface area contributed by atoms with Crippen molar-refractivity contribution in [3.8, 4) is 18.1 Å². The first kappa shape index (κ1) is 16.0. The highest BCUT2D eigenvalue weighted by molar-refractivity contribution is 5.46. The minimum absolute atomic E-state index is 0.110. The summed E-state index contributed by atoms with van der Waals surface area (Å²) in [6, 6.07) is 4.42. The van der Waals surface area contributed by atoms with E-state index in [0.717, 1.165) is 37.9 Å². The third-order valence-corrected chi connectivity index (χ3v) is 7.63. The Kier molecular flexibility index (Phi) is 3.52. The minimum Gasteiger partial charge on any atom is -0.497 e. The Morgan fingerprint density at radius 1 is 1.25 bits per heavy atom. The molecule has 0 unspecified atom stereocenters. The molecule has 2 nitrogen and oxygen atoms in total. The lowest BCUT2D eigenvalue weighted by Gasteiger charge is -2.52. The molecule has 0 aliphatic heterocycles. The lowest BCUT2D eigenvalue weighted by atomic mass is 9.53. The second kappa shape index (κ2) is 5.27. The van der Waals surface area contributed by atoms with E-state index in [9.17, 15) is 5.11 Å². The quantitative estimate of drug-likeness (QED) is 0.784. The van der Waals surface area contributed by atoms with Crippen LogP contribution in [0.2, 0.25) is 0 Å². The van der Waals surface area contributed by atoms with Crippen LogP contribution in [0.1, 0.15) is 61.6 Å². The second-order valence-corrected chi connectivity index (χ2v) is 8.43. The Balaban J connectivity index is 1.74. The van der Waals surface area contributed by atoms with Gasteiger partial charge >= 0.3 is 0 Å². The largest absolute Gasteiger partial charge is 0.497 e. The van der Waals surface area contributed by atoms with Crippen LogP contribution in [0, 0.1) is 36.5 Å². The molecule has 2 saturated carbocycles. The van der Waals surface area contributed by atoms with Crippen LogP contribution in [-0.4, -0.2) is 17.8 Å². The lowest BCUT2D eigenvalue weighted by molar-refractivity contribution is -0.0647. The molecule has 3 aliphatic carbocycles. The van der Waals surface area contributed by atoms with Crippen molar-refractivity contribution in [2.24, 2.45) is 17.3 Å². The van der Waals surface area contributed by atoms with Crippen LogP contribution in [0.5, 0.6) is 5.75 Å². The van der Waals surface area contributed by atoms with E-state index in [1.807, 2.05) is 0 Å². The van der Waals surface area contributed by atoms with Crippen LogP contribution in [0.4, 0.5) is 0 Å². The molecule has 0 amide bonds. The predicted molar refractivity (Wildman–Crippen MR) is 96.1 cm³/mol. The van der Waals surface area contributed by atoms with Crippen LogP contribution < -0.4 is 4.74 Å². The molecule has 24 heavy (non-hydrogen) atoms. The summed E-state index contributed by atoms with van der Waals surface area (Å²) >= 11 is 0. The molecule has 0 spiro atoms. The van der Waals surface area contributed by atoms with Crippen molar-refractivity contribution in [2.75, 3.05) is 7.11 Å². The number of aliphatic hydroxyl groups is 1. The normalized spacial score (nSPS) is 40.2. The van der Waals surface area contributed by atoms with Gasteiger partial charge in [-0.3, -0.25) is 0 Å². The van der Waals surface area contributed by atoms with Crippen molar-refractivity contribution in [1.29, 1.82) is 0 Å². The summed E-state index contributed by atoms with van der Waals surface area (Å²) in [7, 11) is 1.75. The number of methoxy groups -OCH3 is 1. The van der Waals surface area contributed by atoms with Crippen molar-refractivity contribution in [3.63, 3.8) is 0 Å². The number of hydrogen-bond acceptors (Lipinski definition) is 2. The first-order valence-corrected chi connectivity index (χ1v) is 9.31. The van der Waals surface area contributed by atoms with E-state index in [1.54, 1.807) is 12.7 Å². The molecule has 0 radical (unpaired) electrons. The maximum atomic E-state index is 11.0. The summed E-state index contributed by atoms with van der Waals surface area (Å²) < 4.78 is 5.47. The van der Waals surface area contributed by atoms with E-state index in [2.05, 4.69) is 31.9 Å². The first-order chi connectivity index (χ1) is 11.4. The van der Waals surface area contributed by atoms with E-state index in [4.69, 9.17) is 11.2 Å². The number of ether oxygens (including phenoxy) is 1. The molecule has 0 bridgehead atoms. The van der Waals surface area contributed by atoms with Gasteiger partial charge in [-0.05, 0) is 92.0 Å². The topological polar surface area (TPSA) is 29.5 Å². The summed E-state index contributed by atoms with van der Waals surface area (Å²) in [6.45, 7) is 4.47. The van der Waals surface area contributed by atoms with Gasteiger partial charge in [0.05, 0.1) is 7.11 Å². The van der Waals surface area contributed by atoms with Gasteiger partial charge in [-0.2, -0.15) is 0 Å². The van der Waals surface area contributed by atoms with E-state index in [1.165, 1.54) is 17.5 Å². The molecule has 0 heterocycles. The fourth-order valence-corrected chi connectivity index (χ4v) is 6.31. The highest BCUT2D eigenvalue weighted by atomic mass is 16.5. The SMILES string of the molecule is C#C[C@]1(O)CC[C@H]2[C@H]3CCc4cc(OC)cc(C)c4[C@@H]3CC[C@@]21C. The number of terminal acetylenes is 1. The summed E-state index contributed by atoms with van der Waals surface area (Å²) in [6.07, 6.45) is 12.1. The maximum Gasteiger partial charge on any atom is 0.130 e. The maximum absolute atomic E-state index is 11.0. The van der Waals surface area contributed by atoms with Gasteiger partial charge in [-0.1, -0.05) is 12.8 Å². The molecule has 5 atom stereocenters. The van der Waals surface area contributed by atoms with Crippen molar-refractivity contribution in [2.45, 2.75) is 63.9 Å². The van der Waals surface area contributed by atoms with Crippen LogP contribution in [-0.2, 0) is 6.42 Å². The third-order valence-electron chi connectivity index (χ3n) is 7.63. The highest BCUT2D eigenvalue weighted by Crippen LogP contribution is 2.64. The van der Waals surface area contributed by atoms with Gasteiger partial charge in [0.25, 0.3) is 0 Å². The molecular formula is C22H28O2. The molecule has 0 saturated heterocycles. The molecule has 3 aliphatic rings. The average molecular weight is 324 g/mol. The Morgan fingerprint density at radius 2 is 2.04 bits per heavy atom. The number of rotatable bonds is 1. The van der Waals surface area contributed by atoms with Gasteiger partial charge in [0.15, 0.2) is 0 Å². The predicted octanol–water partition coefficient (Wildman–Crippen LogP) is 4.22. The average Bonchev–Trinajstić information content (AvgIpc) is 2.86. The summed E-state index contributed by atoms with van der Waals surface area (Å²) in [5.74, 6) is 5.57. The molecule has 4 rings (SSSR count). The Morgan fingerprint density at radius 3 is 2.75 bits per heavy atom. The van der Waals surface area contributed by atoms with Crippen LogP contribution in [0.15, 0.2) is 12.1 Å². The molecular weight excluding hydrogens is 296 g/mol. The number of hydrogen-bond donors (Lipinski definition) is 1. The van der Waals surface area contributed by atoms with Gasteiger partial charge in [0.2, 0.25) is 0 Å². The molecule has 1 N–H and O–H groups in total. The molecule has 2 fully saturated rings. The first-order valence-electron chi connectivity index (χ1n) is 9.31. The molecule has 2 heteroatoms. The zero-order valence-corrected chi connectivity index (χ0v) is 15.1. The number of fused-ring (bicyclic) bond motifs is 5. The van der Waals surface area contributed by atoms with Crippen molar-refractivity contribution in [1.82, 2.24) is 0 Å². The Labute approximate surface area is 145 Å². The van der Waals surface area contributed by atoms with E-state index in [-0.39, 0.29) is 5.41 Å². The molecule has 128 valence electrons. The van der Waals surface area contributed by atoms with Gasteiger partial charge in [-0.15, -0.1) is 6.42 Å². The smallest absolute Gasteiger partial charge is 0.130 e. The Hall–Kier alpha value is -1.46. The second-order valence-electron chi connectivity index (χ2n) is 8.43. The molecule has 1 aromatic rings. The zero-order chi connectivity index (χ0) is 17.1. The summed E-state index contributed by atoms with van der Waals surface area (Å²) in [4.78, 5) is 0.